The monoisotopic (exact) mass is 309 g/mol. The standard InChI is InChI=1S/C15H11N5O3/c21-15(10-4-5-13-14(6-10)23-9-22-13)17-11-2-1-3-12(7-11)20-8-16-18-19-20/h1-8H,9H2,(H,17,21). The van der Waals surface area contributed by atoms with Crippen LogP contribution < -0.4 is 14.8 Å². The van der Waals surface area contributed by atoms with Crippen LogP contribution in [0.5, 0.6) is 11.5 Å². The molecule has 8 nitrogen and oxygen atoms in total. The molecule has 1 N–H and O–H groups in total. The second kappa shape index (κ2) is 5.41. The van der Waals surface area contributed by atoms with E-state index < -0.39 is 0 Å². The van der Waals surface area contributed by atoms with E-state index in [1.165, 1.54) is 11.0 Å². The minimum absolute atomic E-state index is 0.175. The van der Waals surface area contributed by atoms with Crippen molar-refractivity contribution in [2.45, 2.75) is 0 Å². The van der Waals surface area contributed by atoms with Crippen LogP contribution in [-0.2, 0) is 0 Å². The number of nitrogens with one attached hydrogen (secondary N) is 1. The highest BCUT2D eigenvalue weighted by Gasteiger charge is 2.16. The Morgan fingerprint density at radius 3 is 2.91 bits per heavy atom. The smallest absolute Gasteiger partial charge is 0.255 e. The molecule has 0 saturated carbocycles. The summed E-state index contributed by atoms with van der Waals surface area (Å²) in [5.41, 5.74) is 1.88. The highest BCUT2D eigenvalue weighted by atomic mass is 16.7. The fraction of sp³-hybridized carbons (Fsp3) is 0.0667. The van der Waals surface area contributed by atoms with E-state index in [1.807, 2.05) is 12.1 Å². The molecule has 0 aliphatic carbocycles. The van der Waals surface area contributed by atoms with E-state index in [1.54, 1.807) is 30.3 Å². The van der Waals surface area contributed by atoms with Crippen LogP contribution in [0.4, 0.5) is 5.69 Å². The Morgan fingerprint density at radius 2 is 2.04 bits per heavy atom. The van der Waals surface area contributed by atoms with Gasteiger partial charge in [-0.1, -0.05) is 6.07 Å². The van der Waals surface area contributed by atoms with Gasteiger partial charge in [-0.05, 0) is 46.8 Å². The predicted octanol–water partition coefficient (Wildman–Crippen LogP) is 1.64. The summed E-state index contributed by atoms with van der Waals surface area (Å²) in [6, 6.07) is 12.3. The highest BCUT2D eigenvalue weighted by molar-refractivity contribution is 6.04. The van der Waals surface area contributed by atoms with Gasteiger partial charge in [-0.3, -0.25) is 4.79 Å². The molecule has 1 amide bonds. The van der Waals surface area contributed by atoms with E-state index in [-0.39, 0.29) is 12.7 Å². The van der Waals surface area contributed by atoms with Gasteiger partial charge in [0, 0.05) is 11.3 Å². The molecule has 2 heterocycles. The first-order chi connectivity index (χ1) is 11.3. The summed E-state index contributed by atoms with van der Waals surface area (Å²) in [6.07, 6.45) is 1.48. The van der Waals surface area contributed by atoms with Crippen molar-refractivity contribution in [3.8, 4) is 17.2 Å². The van der Waals surface area contributed by atoms with E-state index in [2.05, 4.69) is 20.8 Å². The number of nitrogens with zero attached hydrogens (tertiary/aromatic N) is 4. The molecule has 23 heavy (non-hydrogen) atoms. The average molecular weight is 309 g/mol. The van der Waals surface area contributed by atoms with Crippen molar-refractivity contribution in [1.82, 2.24) is 20.2 Å². The number of hydrogen-bond acceptors (Lipinski definition) is 6. The van der Waals surface area contributed by atoms with Gasteiger partial charge in [-0.15, -0.1) is 5.10 Å². The molecule has 114 valence electrons. The first-order valence-electron chi connectivity index (χ1n) is 6.84. The zero-order chi connectivity index (χ0) is 15.6. The quantitative estimate of drug-likeness (QED) is 0.791. The van der Waals surface area contributed by atoms with Crippen molar-refractivity contribution in [2.24, 2.45) is 0 Å². The van der Waals surface area contributed by atoms with Crippen molar-refractivity contribution in [3.63, 3.8) is 0 Å². The number of rotatable bonds is 3. The van der Waals surface area contributed by atoms with Gasteiger partial charge < -0.3 is 14.8 Å². The van der Waals surface area contributed by atoms with Crippen LogP contribution in [0.15, 0.2) is 48.8 Å². The van der Waals surface area contributed by atoms with Crippen molar-refractivity contribution in [3.05, 3.63) is 54.4 Å². The maximum Gasteiger partial charge on any atom is 0.255 e. The zero-order valence-corrected chi connectivity index (χ0v) is 11.8. The van der Waals surface area contributed by atoms with Gasteiger partial charge in [0.05, 0.1) is 5.69 Å². The SMILES string of the molecule is O=C(Nc1cccc(-n2cnnn2)c1)c1ccc2c(c1)OCO2. The number of tetrazole rings is 1. The molecule has 0 unspecified atom stereocenters. The van der Waals surface area contributed by atoms with E-state index >= 15 is 0 Å². The summed E-state index contributed by atoms with van der Waals surface area (Å²) >= 11 is 0. The Labute approximate surface area is 130 Å². The molecular weight excluding hydrogens is 298 g/mol. The molecule has 3 aromatic rings. The van der Waals surface area contributed by atoms with Crippen LogP contribution in [0.3, 0.4) is 0 Å². The summed E-state index contributed by atoms with van der Waals surface area (Å²) in [5, 5.41) is 13.8. The number of amides is 1. The lowest BCUT2D eigenvalue weighted by molar-refractivity contribution is 0.102. The van der Waals surface area contributed by atoms with Gasteiger partial charge in [-0.2, -0.15) is 0 Å². The second-order valence-corrected chi connectivity index (χ2v) is 4.83. The third kappa shape index (κ3) is 2.57. The van der Waals surface area contributed by atoms with Gasteiger partial charge >= 0.3 is 0 Å². The first kappa shape index (κ1) is 13.3. The number of carbonyl (C=O) groups excluding carboxylic acids is 1. The van der Waals surface area contributed by atoms with Gasteiger partial charge in [0.2, 0.25) is 6.79 Å². The fourth-order valence-corrected chi connectivity index (χ4v) is 2.25. The lowest BCUT2D eigenvalue weighted by Crippen LogP contribution is -2.12. The molecule has 1 aromatic heterocycles. The molecule has 0 fully saturated rings. The van der Waals surface area contributed by atoms with Crippen LogP contribution in [0.1, 0.15) is 10.4 Å². The van der Waals surface area contributed by atoms with Crippen LogP contribution >= 0.6 is 0 Å². The minimum atomic E-state index is -0.239. The number of aromatic nitrogens is 4. The van der Waals surface area contributed by atoms with Crippen LogP contribution in [0, 0.1) is 0 Å². The molecule has 1 aliphatic rings. The molecule has 1 aliphatic heterocycles. The Hall–Kier alpha value is -3.42. The molecule has 0 bridgehead atoms. The summed E-state index contributed by atoms with van der Waals surface area (Å²) in [5.74, 6) is 0.972. The topological polar surface area (TPSA) is 91.2 Å². The molecule has 8 heteroatoms. The maximum absolute atomic E-state index is 12.4. The Balaban J connectivity index is 1.56. The second-order valence-electron chi connectivity index (χ2n) is 4.83. The van der Waals surface area contributed by atoms with E-state index in [0.717, 1.165) is 5.69 Å². The zero-order valence-electron chi connectivity index (χ0n) is 11.8. The number of anilines is 1. The van der Waals surface area contributed by atoms with Crippen molar-refractivity contribution < 1.29 is 14.3 Å². The first-order valence-corrected chi connectivity index (χ1v) is 6.84. The molecular formula is C15H11N5O3. The van der Waals surface area contributed by atoms with Gasteiger partial charge in [0.15, 0.2) is 11.5 Å². The molecule has 0 atom stereocenters. The third-order valence-corrected chi connectivity index (χ3v) is 3.35. The van der Waals surface area contributed by atoms with Crippen molar-refractivity contribution >= 4 is 11.6 Å². The largest absolute Gasteiger partial charge is 0.454 e. The summed E-state index contributed by atoms with van der Waals surface area (Å²) in [7, 11) is 0. The molecule has 2 aromatic carbocycles. The van der Waals surface area contributed by atoms with Crippen molar-refractivity contribution in [1.29, 1.82) is 0 Å². The van der Waals surface area contributed by atoms with Crippen LogP contribution in [0.2, 0.25) is 0 Å². The number of benzene rings is 2. The van der Waals surface area contributed by atoms with Gasteiger partial charge in [-0.25, -0.2) is 4.68 Å². The average Bonchev–Trinajstić information content (AvgIpc) is 3.26. The molecule has 0 saturated heterocycles. The number of carbonyl (C=O) groups is 1. The number of fused-ring (bicyclic) bond motifs is 1. The van der Waals surface area contributed by atoms with E-state index in [9.17, 15) is 4.79 Å². The third-order valence-electron chi connectivity index (χ3n) is 3.35. The van der Waals surface area contributed by atoms with E-state index in [4.69, 9.17) is 9.47 Å². The Bertz CT molecular complexity index is 863. The summed E-state index contributed by atoms with van der Waals surface area (Å²) in [4.78, 5) is 12.4. The van der Waals surface area contributed by atoms with Gasteiger partial charge in [0.1, 0.15) is 6.33 Å². The summed E-state index contributed by atoms with van der Waals surface area (Å²) < 4.78 is 12.0. The molecule has 4 rings (SSSR count). The molecule has 0 radical (unpaired) electrons. The maximum atomic E-state index is 12.4. The number of ether oxygens (including phenoxy) is 2. The minimum Gasteiger partial charge on any atom is -0.454 e. The van der Waals surface area contributed by atoms with Crippen LogP contribution in [-0.4, -0.2) is 32.9 Å². The fourth-order valence-electron chi connectivity index (χ4n) is 2.25. The summed E-state index contributed by atoms with van der Waals surface area (Å²) in [6.45, 7) is 0.175. The lowest BCUT2D eigenvalue weighted by atomic mass is 10.2. The van der Waals surface area contributed by atoms with Crippen molar-refractivity contribution in [2.75, 3.05) is 12.1 Å². The number of hydrogen-bond donors (Lipinski definition) is 1. The normalized spacial score (nSPS) is 12.2. The Morgan fingerprint density at radius 1 is 1.13 bits per heavy atom. The van der Waals surface area contributed by atoms with Crippen LogP contribution in [0.25, 0.3) is 5.69 Å². The highest BCUT2D eigenvalue weighted by Crippen LogP contribution is 2.32. The predicted molar refractivity (Wildman–Crippen MR) is 79.7 cm³/mol. The van der Waals surface area contributed by atoms with Gasteiger partial charge in [0.25, 0.3) is 5.91 Å². The van der Waals surface area contributed by atoms with E-state index in [0.29, 0.717) is 22.7 Å². The molecule has 0 spiro atoms. The lowest BCUT2D eigenvalue weighted by Gasteiger charge is -2.07. The Kier molecular flexibility index (Phi) is 3.12.